The summed E-state index contributed by atoms with van der Waals surface area (Å²) in [6.45, 7) is 9.87. The fourth-order valence-electron chi connectivity index (χ4n) is 5.56. The predicted octanol–water partition coefficient (Wildman–Crippen LogP) is 4.40. The zero-order valence-electron chi connectivity index (χ0n) is 22.2. The normalized spacial score (nSPS) is 23.6. The van der Waals surface area contributed by atoms with Crippen LogP contribution in [-0.4, -0.2) is 66.9 Å². The van der Waals surface area contributed by atoms with E-state index in [-0.39, 0.29) is 11.4 Å². The number of nitrogens with zero attached hydrogens (tertiary/aromatic N) is 5. The summed E-state index contributed by atoms with van der Waals surface area (Å²) in [6, 6.07) is 6.07. The minimum absolute atomic E-state index is 0.0407. The van der Waals surface area contributed by atoms with Gasteiger partial charge in [-0.3, -0.25) is 10.1 Å². The Labute approximate surface area is 215 Å². The van der Waals surface area contributed by atoms with Gasteiger partial charge in [0.1, 0.15) is 17.9 Å². The number of hydrogen-bond acceptors (Lipinski definition) is 6. The van der Waals surface area contributed by atoms with Gasteiger partial charge in [-0.05, 0) is 63.1 Å². The van der Waals surface area contributed by atoms with Crippen molar-refractivity contribution in [2.45, 2.75) is 82.5 Å². The molecule has 2 aromatic heterocycles. The number of nitriles is 1. The van der Waals surface area contributed by atoms with Crippen LogP contribution in [0.3, 0.4) is 0 Å². The molecule has 0 bridgehead atoms. The zero-order valence-corrected chi connectivity index (χ0v) is 23.2. The van der Waals surface area contributed by atoms with Crippen LogP contribution in [0.15, 0.2) is 18.5 Å². The van der Waals surface area contributed by atoms with Crippen molar-refractivity contribution in [1.29, 1.82) is 5.26 Å². The first-order chi connectivity index (χ1) is 17.2. The van der Waals surface area contributed by atoms with Gasteiger partial charge in [-0.2, -0.15) is 5.26 Å². The Morgan fingerprint density at radius 3 is 2.67 bits per heavy atom. The van der Waals surface area contributed by atoms with Crippen LogP contribution in [0.25, 0.3) is 11.0 Å². The summed E-state index contributed by atoms with van der Waals surface area (Å²) in [5, 5.41) is 13.9. The summed E-state index contributed by atoms with van der Waals surface area (Å²) >= 11 is 0. The van der Waals surface area contributed by atoms with E-state index < -0.39 is 8.07 Å². The summed E-state index contributed by atoms with van der Waals surface area (Å²) in [5.41, 5.74) is 2.37. The van der Waals surface area contributed by atoms with E-state index in [1.165, 1.54) is 0 Å². The van der Waals surface area contributed by atoms with Gasteiger partial charge in [-0.15, -0.1) is 0 Å². The van der Waals surface area contributed by atoms with Crippen LogP contribution in [0.2, 0.25) is 25.7 Å². The van der Waals surface area contributed by atoms with Crippen LogP contribution in [0.1, 0.15) is 48.9 Å². The number of amides is 1. The molecule has 0 atom stereocenters. The van der Waals surface area contributed by atoms with Gasteiger partial charge in [0.05, 0.1) is 24.0 Å². The Hall–Kier alpha value is -2.41. The molecule has 0 spiro atoms. The van der Waals surface area contributed by atoms with Crippen molar-refractivity contribution in [3.8, 4) is 6.07 Å². The number of ether oxygens (including phenoxy) is 1. The van der Waals surface area contributed by atoms with Crippen LogP contribution in [0.4, 0.5) is 5.69 Å². The number of aromatic nitrogens is 2. The van der Waals surface area contributed by atoms with Gasteiger partial charge in [-0.25, -0.2) is 4.98 Å². The second kappa shape index (κ2) is 9.80. The minimum atomic E-state index is -1.13. The molecular formula is C27H40N6O2Si. The molecule has 8 nitrogen and oxygen atoms in total. The zero-order chi connectivity index (χ0) is 25.5. The van der Waals surface area contributed by atoms with Crippen molar-refractivity contribution in [3.63, 3.8) is 0 Å². The van der Waals surface area contributed by atoms with Gasteiger partial charge in [0, 0.05) is 45.6 Å². The van der Waals surface area contributed by atoms with E-state index in [9.17, 15) is 10.1 Å². The first-order valence-electron chi connectivity index (χ1n) is 13.4. The molecule has 9 heteroatoms. The van der Waals surface area contributed by atoms with E-state index in [4.69, 9.17) is 9.72 Å². The first kappa shape index (κ1) is 25.2. The van der Waals surface area contributed by atoms with E-state index in [1.54, 1.807) is 6.20 Å². The molecule has 2 saturated carbocycles. The average Bonchev–Trinajstić information content (AvgIpc) is 3.53. The molecule has 3 aliphatic rings. The largest absolute Gasteiger partial charge is 0.361 e. The van der Waals surface area contributed by atoms with Crippen LogP contribution < -0.4 is 10.2 Å². The lowest BCUT2D eigenvalue weighted by Crippen LogP contribution is -2.50. The molecule has 2 fully saturated rings. The number of carbonyl (C=O) groups is 1. The molecule has 0 aromatic carbocycles. The first-order valence-corrected chi connectivity index (χ1v) is 17.1. The summed E-state index contributed by atoms with van der Waals surface area (Å²) in [4.78, 5) is 22.0. The van der Waals surface area contributed by atoms with Crippen molar-refractivity contribution in [3.05, 3.63) is 24.0 Å². The van der Waals surface area contributed by atoms with E-state index in [0.29, 0.717) is 30.9 Å². The average molecular weight is 509 g/mol. The van der Waals surface area contributed by atoms with Gasteiger partial charge < -0.3 is 19.1 Å². The summed E-state index contributed by atoms with van der Waals surface area (Å²) in [7, 11) is 0.751. The number of nitrogens with one attached hydrogen (secondary N) is 1. The lowest BCUT2D eigenvalue weighted by atomic mass is 9.84. The maximum absolute atomic E-state index is 13.1. The summed E-state index contributed by atoms with van der Waals surface area (Å²) in [6.07, 6.45) is 10.2. The van der Waals surface area contributed by atoms with E-state index >= 15 is 0 Å². The third kappa shape index (κ3) is 5.17. The van der Waals surface area contributed by atoms with Gasteiger partial charge in [0.15, 0.2) is 0 Å². The number of fused-ring (bicyclic) bond motifs is 3. The molecule has 2 aliphatic carbocycles. The molecule has 0 radical (unpaired) electrons. The second-order valence-electron chi connectivity index (χ2n) is 12.3. The molecule has 194 valence electrons. The van der Waals surface area contributed by atoms with Crippen molar-refractivity contribution < 1.29 is 9.53 Å². The Kier molecular flexibility index (Phi) is 6.88. The Morgan fingerprint density at radius 1 is 1.25 bits per heavy atom. The Bertz CT molecular complexity index is 1150. The number of pyridine rings is 1. The highest BCUT2D eigenvalue weighted by Crippen LogP contribution is 2.40. The standard InChI is InChI=1S/C27H40N6O2Si/c1-31-18-33(21-7-5-20(6-8-21)15-30-27(17-28)10-11-27)24-22-9-12-32(19-35-13-14-36(2,3)4)25(22)29-16-23(24)26(31)34/h9,12,16,20-21,30H,5-8,10-11,13-15,18-19H2,1-4H3. The molecule has 3 heterocycles. The highest BCUT2D eigenvalue weighted by Gasteiger charge is 2.43. The van der Waals surface area contributed by atoms with Crippen LogP contribution in [0.5, 0.6) is 0 Å². The SMILES string of the molecule is CN1CN(C2CCC(CNC3(C#N)CC3)CC2)c2c(cnc3c2ccn3COCC[Si](C)(C)C)C1=O. The van der Waals surface area contributed by atoms with Gasteiger partial charge in [0.25, 0.3) is 5.91 Å². The minimum Gasteiger partial charge on any atom is -0.361 e. The van der Waals surface area contributed by atoms with Crippen LogP contribution >= 0.6 is 0 Å². The third-order valence-corrected chi connectivity index (χ3v) is 9.87. The molecule has 1 N–H and O–H groups in total. The monoisotopic (exact) mass is 508 g/mol. The van der Waals surface area contributed by atoms with E-state index in [2.05, 4.69) is 46.6 Å². The molecule has 2 aromatic rings. The fourth-order valence-corrected chi connectivity index (χ4v) is 6.31. The predicted molar refractivity (Wildman–Crippen MR) is 145 cm³/mol. The second-order valence-corrected chi connectivity index (χ2v) is 17.9. The Balaban J connectivity index is 1.31. The molecule has 0 saturated heterocycles. The maximum atomic E-state index is 13.1. The molecule has 1 aliphatic heterocycles. The van der Waals surface area contributed by atoms with Crippen LogP contribution in [0, 0.1) is 17.2 Å². The van der Waals surface area contributed by atoms with E-state index in [0.717, 1.165) is 74.4 Å². The topological polar surface area (TPSA) is 86.4 Å². The van der Waals surface area contributed by atoms with Gasteiger partial charge in [0.2, 0.25) is 0 Å². The molecule has 0 unspecified atom stereocenters. The maximum Gasteiger partial charge on any atom is 0.258 e. The highest BCUT2D eigenvalue weighted by molar-refractivity contribution is 6.76. The van der Waals surface area contributed by atoms with Gasteiger partial charge >= 0.3 is 0 Å². The van der Waals surface area contributed by atoms with Crippen molar-refractivity contribution in [1.82, 2.24) is 19.8 Å². The highest BCUT2D eigenvalue weighted by atomic mass is 28.3. The summed E-state index contributed by atoms with van der Waals surface area (Å²) in [5.74, 6) is 0.654. The molecule has 1 amide bonds. The van der Waals surface area contributed by atoms with Crippen molar-refractivity contribution >= 4 is 30.7 Å². The molecule has 5 rings (SSSR count). The van der Waals surface area contributed by atoms with E-state index in [1.807, 2.05) is 18.1 Å². The number of hydrogen-bond donors (Lipinski definition) is 1. The smallest absolute Gasteiger partial charge is 0.258 e. The number of rotatable bonds is 9. The van der Waals surface area contributed by atoms with Crippen molar-refractivity contribution in [2.24, 2.45) is 5.92 Å². The van der Waals surface area contributed by atoms with Crippen molar-refractivity contribution in [2.75, 3.05) is 31.8 Å². The summed E-state index contributed by atoms with van der Waals surface area (Å²) < 4.78 is 8.06. The lowest BCUT2D eigenvalue weighted by Gasteiger charge is -2.44. The van der Waals surface area contributed by atoms with Gasteiger partial charge in [-0.1, -0.05) is 19.6 Å². The fraction of sp³-hybridized carbons (Fsp3) is 0.667. The lowest BCUT2D eigenvalue weighted by molar-refractivity contribution is 0.0774. The quantitative estimate of drug-likeness (QED) is 0.399. The molecule has 36 heavy (non-hydrogen) atoms. The van der Waals surface area contributed by atoms with Crippen LogP contribution in [-0.2, 0) is 11.5 Å². The third-order valence-electron chi connectivity index (χ3n) is 8.17. The molecular weight excluding hydrogens is 468 g/mol. The number of carbonyl (C=O) groups excluding carboxylic acids is 1. The Morgan fingerprint density at radius 2 is 2.00 bits per heavy atom. The number of anilines is 1.